The van der Waals surface area contributed by atoms with E-state index in [2.05, 4.69) is 10.3 Å². The number of aryl methyl sites for hydroxylation is 1. The highest BCUT2D eigenvalue weighted by Crippen LogP contribution is 2.18. The number of amides is 1. The number of carboxylic acid groups (broad SMARTS) is 1. The van der Waals surface area contributed by atoms with Gasteiger partial charge in [0.2, 0.25) is 0 Å². The number of aromatic nitrogens is 1. The fourth-order valence-corrected chi connectivity index (χ4v) is 2.22. The molecule has 21 heavy (non-hydrogen) atoms. The summed E-state index contributed by atoms with van der Waals surface area (Å²) in [7, 11) is 0. The summed E-state index contributed by atoms with van der Waals surface area (Å²) in [4.78, 5) is 25.9. The number of aromatic carboxylic acids is 1. The molecule has 0 spiro atoms. The van der Waals surface area contributed by atoms with Gasteiger partial charge < -0.3 is 15.4 Å². The molecular formula is C15H15FN2O3. The summed E-state index contributed by atoms with van der Waals surface area (Å²) in [5, 5.41) is 11.7. The van der Waals surface area contributed by atoms with Gasteiger partial charge >= 0.3 is 5.97 Å². The number of carbonyl (C=O) groups is 2. The van der Waals surface area contributed by atoms with Crippen molar-refractivity contribution in [3.63, 3.8) is 0 Å². The van der Waals surface area contributed by atoms with Crippen LogP contribution < -0.4 is 5.32 Å². The van der Waals surface area contributed by atoms with Gasteiger partial charge in [-0.1, -0.05) is 12.1 Å². The maximum Gasteiger partial charge on any atom is 0.352 e. The summed E-state index contributed by atoms with van der Waals surface area (Å²) in [6.45, 7) is 3.38. The molecule has 0 atom stereocenters. The summed E-state index contributed by atoms with van der Waals surface area (Å²) in [6.07, 6.45) is 0. The summed E-state index contributed by atoms with van der Waals surface area (Å²) >= 11 is 0. The fraction of sp³-hybridized carbons (Fsp3) is 0.200. The highest BCUT2D eigenvalue weighted by molar-refractivity contribution is 6.00. The Bertz CT molecular complexity index is 707. The van der Waals surface area contributed by atoms with Crippen molar-refractivity contribution < 1.29 is 19.1 Å². The van der Waals surface area contributed by atoms with Crippen LogP contribution in [0, 0.1) is 19.7 Å². The van der Waals surface area contributed by atoms with Gasteiger partial charge in [0.1, 0.15) is 11.5 Å². The molecule has 5 nitrogen and oxygen atoms in total. The van der Waals surface area contributed by atoms with Gasteiger partial charge in [0.25, 0.3) is 5.91 Å². The van der Waals surface area contributed by atoms with Crippen LogP contribution in [0.4, 0.5) is 4.39 Å². The number of H-pyrrole nitrogens is 1. The Balaban J connectivity index is 2.16. The molecule has 0 fully saturated rings. The molecule has 0 unspecified atom stereocenters. The number of rotatable bonds is 4. The quantitative estimate of drug-likeness (QED) is 0.808. The number of carboxylic acids is 1. The van der Waals surface area contributed by atoms with Gasteiger partial charge in [0.15, 0.2) is 0 Å². The van der Waals surface area contributed by atoms with Crippen LogP contribution in [0.1, 0.15) is 37.7 Å². The second kappa shape index (κ2) is 5.78. The zero-order valence-electron chi connectivity index (χ0n) is 11.7. The standard InChI is InChI=1S/C15H15FN2O3/c1-8-12(9(2)18-13(8)15(20)21)14(19)17-7-10-4-3-5-11(16)6-10/h3-6,18H,7H2,1-2H3,(H,17,19)(H,20,21). The highest BCUT2D eigenvalue weighted by atomic mass is 19.1. The van der Waals surface area contributed by atoms with Crippen LogP contribution >= 0.6 is 0 Å². The molecule has 110 valence electrons. The minimum atomic E-state index is -1.11. The van der Waals surface area contributed by atoms with Crippen molar-refractivity contribution >= 4 is 11.9 Å². The Hall–Kier alpha value is -2.63. The Morgan fingerprint density at radius 2 is 2.05 bits per heavy atom. The molecule has 0 aliphatic rings. The van der Waals surface area contributed by atoms with Crippen LogP contribution in [0.25, 0.3) is 0 Å². The first kappa shape index (κ1) is 14.8. The monoisotopic (exact) mass is 290 g/mol. The lowest BCUT2D eigenvalue weighted by Crippen LogP contribution is -2.24. The second-order valence-electron chi connectivity index (χ2n) is 4.74. The molecule has 3 N–H and O–H groups in total. The van der Waals surface area contributed by atoms with Gasteiger partial charge in [0.05, 0.1) is 5.56 Å². The van der Waals surface area contributed by atoms with Gasteiger partial charge in [0, 0.05) is 12.2 Å². The molecule has 2 rings (SSSR count). The third-order valence-electron chi connectivity index (χ3n) is 3.22. The number of hydrogen-bond donors (Lipinski definition) is 3. The number of aromatic amines is 1. The number of halogens is 1. The Morgan fingerprint density at radius 3 is 2.62 bits per heavy atom. The largest absolute Gasteiger partial charge is 0.477 e. The number of carbonyl (C=O) groups excluding carboxylic acids is 1. The lowest BCUT2D eigenvalue weighted by atomic mass is 10.1. The molecule has 1 amide bonds. The van der Waals surface area contributed by atoms with Gasteiger partial charge in [-0.05, 0) is 37.1 Å². The second-order valence-corrected chi connectivity index (χ2v) is 4.74. The summed E-state index contributed by atoms with van der Waals surface area (Å²) in [6, 6.07) is 5.92. The van der Waals surface area contributed by atoms with Crippen LogP contribution in [0.5, 0.6) is 0 Å². The van der Waals surface area contributed by atoms with Crippen molar-refractivity contribution in [2.24, 2.45) is 0 Å². The first-order chi connectivity index (χ1) is 9.90. The predicted octanol–water partition coefficient (Wildman–Crippen LogP) is 2.40. The lowest BCUT2D eigenvalue weighted by Gasteiger charge is -2.06. The molecule has 0 aliphatic heterocycles. The zero-order valence-corrected chi connectivity index (χ0v) is 11.7. The summed E-state index contributed by atoms with van der Waals surface area (Å²) < 4.78 is 13.1. The van der Waals surface area contributed by atoms with Gasteiger partial charge in [-0.3, -0.25) is 4.79 Å². The Kier molecular flexibility index (Phi) is 4.07. The van der Waals surface area contributed by atoms with Crippen LogP contribution in [-0.2, 0) is 6.54 Å². The molecule has 2 aromatic rings. The first-order valence-corrected chi connectivity index (χ1v) is 6.35. The normalized spacial score (nSPS) is 10.4. The van der Waals surface area contributed by atoms with Gasteiger partial charge in [-0.2, -0.15) is 0 Å². The van der Waals surface area contributed by atoms with Crippen molar-refractivity contribution in [1.82, 2.24) is 10.3 Å². The van der Waals surface area contributed by atoms with E-state index < -0.39 is 11.9 Å². The van der Waals surface area contributed by atoms with E-state index in [0.29, 0.717) is 22.4 Å². The summed E-state index contributed by atoms with van der Waals surface area (Å²) in [5.74, 6) is -1.87. The molecule has 0 radical (unpaired) electrons. The molecule has 6 heteroatoms. The van der Waals surface area contributed by atoms with Gasteiger partial charge in [-0.15, -0.1) is 0 Å². The molecular weight excluding hydrogens is 275 g/mol. The van der Waals surface area contributed by atoms with Crippen molar-refractivity contribution in [3.05, 3.63) is 58.2 Å². The zero-order chi connectivity index (χ0) is 15.6. The SMILES string of the molecule is Cc1[nH]c(C(=O)O)c(C)c1C(=O)NCc1cccc(F)c1. The lowest BCUT2D eigenvalue weighted by molar-refractivity contribution is 0.0690. The number of benzene rings is 1. The molecule has 1 heterocycles. The van der Waals surface area contributed by atoms with E-state index in [1.165, 1.54) is 12.1 Å². The van der Waals surface area contributed by atoms with E-state index >= 15 is 0 Å². The van der Waals surface area contributed by atoms with Crippen molar-refractivity contribution in [1.29, 1.82) is 0 Å². The van der Waals surface area contributed by atoms with Crippen LogP contribution in [0.3, 0.4) is 0 Å². The van der Waals surface area contributed by atoms with E-state index in [9.17, 15) is 14.0 Å². The molecule has 1 aromatic carbocycles. The fourth-order valence-electron chi connectivity index (χ4n) is 2.22. The average Bonchev–Trinajstić information content (AvgIpc) is 2.72. The molecule has 0 aliphatic carbocycles. The first-order valence-electron chi connectivity index (χ1n) is 6.35. The minimum Gasteiger partial charge on any atom is -0.477 e. The average molecular weight is 290 g/mol. The molecule has 1 aromatic heterocycles. The smallest absolute Gasteiger partial charge is 0.352 e. The maximum atomic E-state index is 13.1. The van der Waals surface area contributed by atoms with E-state index in [0.717, 1.165) is 0 Å². The van der Waals surface area contributed by atoms with Crippen molar-refractivity contribution in [2.45, 2.75) is 20.4 Å². The molecule has 0 saturated heterocycles. The Labute approximate surface area is 120 Å². The molecule has 0 bridgehead atoms. The third-order valence-corrected chi connectivity index (χ3v) is 3.22. The van der Waals surface area contributed by atoms with E-state index in [4.69, 9.17) is 5.11 Å². The number of nitrogens with one attached hydrogen (secondary N) is 2. The van der Waals surface area contributed by atoms with E-state index in [1.807, 2.05) is 0 Å². The van der Waals surface area contributed by atoms with E-state index in [-0.39, 0.29) is 18.1 Å². The van der Waals surface area contributed by atoms with Crippen LogP contribution in [0.2, 0.25) is 0 Å². The maximum absolute atomic E-state index is 13.1. The molecule has 0 saturated carbocycles. The topological polar surface area (TPSA) is 82.2 Å². The third kappa shape index (κ3) is 3.10. The number of hydrogen-bond acceptors (Lipinski definition) is 2. The van der Waals surface area contributed by atoms with Gasteiger partial charge in [-0.25, -0.2) is 9.18 Å². The van der Waals surface area contributed by atoms with E-state index in [1.54, 1.807) is 26.0 Å². The van der Waals surface area contributed by atoms with Crippen LogP contribution in [-0.4, -0.2) is 22.0 Å². The minimum absolute atomic E-state index is 0.00315. The predicted molar refractivity (Wildman–Crippen MR) is 74.8 cm³/mol. The Morgan fingerprint density at radius 1 is 1.33 bits per heavy atom. The van der Waals surface area contributed by atoms with Crippen molar-refractivity contribution in [3.8, 4) is 0 Å². The highest BCUT2D eigenvalue weighted by Gasteiger charge is 2.21. The van der Waals surface area contributed by atoms with Crippen molar-refractivity contribution in [2.75, 3.05) is 0 Å². The summed E-state index contributed by atoms with van der Waals surface area (Å²) in [5.41, 5.74) is 1.82. The van der Waals surface area contributed by atoms with Crippen LogP contribution in [0.15, 0.2) is 24.3 Å².